The molecule has 3 nitrogen and oxygen atoms in total. The fourth-order valence-electron chi connectivity index (χ4n) is 2.23. The highest BCUT2D eigenvalue weighted by atomic mass is 16.3. The minimum absolute atomic E-state index is 0.308. The van der Waals surface area contributed by atoms with Crippen LogP contribution in [-0.2, 0) is 0 Å². The molecule has 1 heterocycles. The van der Waals surface area contributed by atoms with E-state index in [9.17, 15) is 0 Å². The zero-order chi connectivity index (χ0) is 10.4. The number of aliphatic hydroxyl groups excluding tert-OH is 1. The first-order valence-electron chi connectivity index (χ1n) is 5.77. The van der Waals surface area contributed by atoms with Crippen LogP contribution in [0, 0.1) is 5.92 Å². The molecule has 3 heteroatoms. The summed E-state index contributed by atoms with van der Waals surface area (Å²) < 4.78 is 0. The van der Waals surface area contributed by atoms with Crippen molar-refractivity contribution in [3.05, 3.63) is 0 Å². The third-order valence-corrected chi connectivity index (χ3v) is 3.05. The second-order valence-corrected chi connectivity index (χ2v) is 4.49. The Morgan fingerprint density at radius 1 is 1.50 bits per heavy atom. The standard InChI is InChI=1S/C11H24N2O/c1-10(9-14)8-13-6-4-3-5-11(13)7-12-2/h10-12,14H,3-9H2,1-2H3. The van der Waals surface area contributed by atoms with Crippen LogP contribution in [0.4, 0.5) is 0 Å². The second kappa shape index (κ2) is 6.38. The number of piperidine rings is 1. The largest absolute Gasteiger partial charge is 0.396 e. The predicted octanol–water partition coefficient (Wildman–Crippen LogP) is 0.689. The second-order valence-electron chi connectivity index (χ2n) is 4.49. The highest BCUT2D eigenvalue weighted by molar-refractivity contribution is 4.79. The Bertz CT molecular complexity index is 150. The fourth-order valence-corrected chi connectivity index (χ4v) is 2.23. The van der Waals surface area contributed by atoms with E-state index < -0.39 is 0 Å². The van der Waals surface area contributed by atoms with Gasteiger partial charge in [0.15, 0.2) is 0 Å². The third-order valence-electron chi connectivity index (χ3n) is 3.05. The van der Waals surface area contributed by atoms with E-state index in [0.29, 0.717) is 18.6 Å². The lowest BCUT2D eigenvalue weighted by Gasteiger charge is -2.37. The Hall–Kier alpha value is -0.120. The lowest BCUT2D eigenvalue weighted by molar-refractivity contribution is 0.107. The maximum absolute atomic E-state index is 9.04. The van der Waals surface area contributed by atoms with Gasteiger partial charge in [0.05, 0.1) is 0 Å². The van der Waals surface area contributed by atoms with Crippen LogP contribution in [0.3, 0.4) is 0 Å². The molecular formula is C11H24N2O. The highest BCUT2D eigenvalue weighted by Gasteiger charge is 2.22. The average molecular weight is 200 g/mol. The van der Waals surface area contributed by atoms with Crippen LogP contribution in [0.2, 0.25) is 0 Å². The van der Waals surface area contributed by atoms with E-state index in [1.807, 2.05) is 7.05 Å². The summed E-state index contributed by atoms with van der Waals surface area (Å²) in [7, 11) is 2.02. The molecular weight excluding hydrogens is 176 g/mol. The number of nitrogens with zero attached hydrogens (tertiary/aromatic N) is 1. The molecule has 2 N–H and O–H groups in total. The molecule has 0 aromatic heterocycles. The number of likely N-dealkylation sites (N-methyl/N-ethyl adjacent to an activating group) is 1. The van der Waals surface area contributed by atoms with Gasteiger partial charge in [-0.25, -0.2) is 0 Å². The molecule has 2 atom stereocenters. The first kappa shape index (κ1) is 12.0. The number of likely N-dealkylation sites (tertiary alicyclic amines) is 1. The summed E-state index contributed by atoms with van der Waals surface area (Å²) in [5, 5.41) is 12.3. The van der Waals surface area contributed by atoms with Gasteiger partial charge < -0.3 is 10.4 Å². The monoisotopic (exact) mass is 200 g/mol. The summed E-state index contributed by atoms with van der Waals surface area (Å²) >= 11 is 0. The summed E-state index contributed by atoms with van der Waals surface area (Å²) in [5.74, 6) is 0.410. The minimum Gasteiger partial charge on any atom is -0.396 e. The quantitative estimate of drug-likeness (QED) is 0.685. The van der Waals surface area contributed by atoms with Gasteiger partial charge in [0.1, 0.15) is 0 Å². The third kappa shape index (κ3) is 3.56. The van der Waals surface area contributed by atoms with Crippen molar-refractivity contribution in [3.8, 4) is 0 Å². The molecule has 0 radical (unpaired) electrons. The molecule has 0 saturated carbocycles. The molecule has 1 fully saturated rings. The Kier molecular flexibility index (Phi) is 5.45. The minimum atomic E-state index is 0.308. The zero-order valence-corrected chi connectivity index (χ0v) is 9.50. The van der Waals surface area contributed by atoms with Crippen LogP contribution in [0.5, 0.6) is 0 Å². The molecule has 0 aromatic rings. The molecule has 1 saturated heterocycles. The van der Waals surface area contributed by atoms with Gasteiger partial charge in [-0.3, -0.25) is 4.90 Å². The molecule has 84 valence electrons. The summed E-state index contributed by atoms with van der Waals surface area (Å²) in [6, 6.07) is 0.683. The van der Waals surface area contributed by atoms with Crippen molar-refractivity contribution < 1.29 is 5.11 Å². The van der Waals surface area contributed by atoms with Gasteiger partial charge in [-0.15, -0.1) is 0 Å². The number of hydrogen-bond donors (Lipinski definition) is 2. The molecule has 2 unspecified atom stereocenters. The van der Waals surface area contributed by atoms with Gasteiger partial charge in [-0.2, -0.15) is 0 Å². The van der Waals surface area contributed by atoms with Gasteiger partial charge in [-0.1, -0.05) is 13.3 Å². The Labute approximate surface area is 87.5 Å². The fraction of sp³-hybridized carbons (Fsp3) is 1.00. The molecule has 1 aliphatic rings. The Morgan fingerprint density at radius 3 is 2.93 bits per heavy atom. The smallest absolute Gasteiger partial charge is 0.0468 e. The zero-order valence-electron chi connectivity index (χ0n) is 9.50. The van der Waals surface area contributed by atoms with Gasteiger partial charge in [-0.05, 0) is 32.4 Å². The van der Waals surface area contributed by atoms with Crippen molar-refractivity contribution >= 4 is 0 Å². The SMILES string of the molecule is CNCC1CCCCN1CC(C)CO. The summed E-state index contributed by atoms with van der Waals surface area (Å²) in [6.07, 6.45) is 3.98. The van der Waals surface area contributed by atoms with E-state index in [0.717, 1.165) is 13.1 Å². The first-order chi connectivity index (χ1) is 6.77. The van der Waals surface area contributed by atoms with Crippen molar-refractivity contribution in [3.63, 3.8) is 0 Å². The van der Waals surface area contributed by atoms with Crippen LogP contribution in [0.25, 0.3) is 0 Å². The van der Waals surface area contributed by atoms with Crippen LogP contribution < -0.4 is 5.32 Å². The summed E-state index contributed by atoms with van der Waals surface area (Å²) in [6.45, 7) is 5.76. The molecule has 0 bridgehead atoms. The van der Waals surface area contributed by atoms with Crippen molar-refractivity contribution in [1.82, 2.24) is 10.2 Å². The van der Waals surface area contributed by atoms with E-state index in [1.165, 1.54) is 25.8 Å². The Morgan fingerprint density at radius 2 is 2.29 bits per heavy atom. The van der Waals surface area contributed by atoms with E-state index >= 15 is 0 Å². The normalized spacial score (nSPS) is 26.4. The van der Waals surface area contributed by atoms with E-state index in [-0.39, 0.29) is 0 Å². The van der Waals surface area contributed by atoms with Gasteiger partial charge in [0, 0.05) is 25.7 Å². The lowest BCUT2D eigenvalue weighted by atomic mass is 10.0. The molecule has 0 amide bonds. The molecule has 1 aliphatic heterocycles. The predicted molar refractivity (Wildman–Crippen MR) is 59.4 cm³/mol. The van der Waals surface area contributed by atoms with Crippen molar-refractivity contribution in [1.29, 1.82) is 0 Å². The highest BCUT2D eigenvalue weighted by Crippen LogP contribution is 2.17. The molecule has 0 spiro atoms. The molecule has 14 heavy (non-hydrogen) atoms. The van der Waals surface area contributed by atoms with Crippen LogP contribution in [0.15, 0.2) is 0 Å². The molecule has 1 rings (SSSR count). The maximum Gasteiger partial charge on any atom is 0.0468 e. The number of rotatable bonds is 5. The summed E-state index contributed by atoms with van der Waals surface area (Å²) in [5.41, 5.74) is 0. The van der Waals surface area contributed by atoms with E-state index in [2.05, 4.69) is 17.1 Å². The van der Waals surface area contributed by atoms with Crippen LogP contribution >= 0.6 is 0 Å². The van der Waals surface area contributed by atoms with E-state index in [4.69, 9.17) is 5.11 Å². The topological polar surface area (TPSA) is 35.5 Å². The van der Waals surface area contributed by atoms with Gasteiger partial charge in [0.25, 0.3) is 0 Å². The molecule has 0 aliphatic carbocycles. The summed E-state index contributed by atoms with van der Waals surface area (Å²) in [4.78, 5) is 2.53. The van der Waals surface area contributed by atoms with Crippen LogP contribution in [0.1, 0.15) is 26.2 Å². The average Bonchev–Trinajstić information content (AvgIpc) is 2.21. The van der Waals surface area contributed by atoms with Crippen molar-refractivity contribution in [2.24, 2.45) is 5.92 Å². The number of aliphatic hydroxyl groups is 1. The lowest BCUT2D eigenvalue weighted by Crippen LogP contribution is -2.46. The Balaban J connectivity index is 2.37. The number of hydrogen-bond acceptors (Lipinski definition) is 3. The van der Waals surface area contributed by atoms with Gasteiger partial charge >= 0.3 is 0 Å². The number of nitrogens with one attached hydrogen (secondary N) is 1. The van der Waals surface area contributed by atoms with Crippen molar-refractivity contribution in [2.75, 3.05) is 33.3 Å². The molecule has 0 aromatic carbocycles. The van der Waals surface area contributed by atoms with Gasteiger partial charge in [0.2, 0.25) is 0 Å². The van der Waals surface area contributed by atoms with E-state index in [1.54, 1.807) is 0 Å². The van der Waals surface area contributed by atoms with Crippen LogP contribution in [-0.4, -0.2) is 49.3 Å². The first-order valence-corrected chi connectivity index (χ1v) is 5.77. The maximum atomic E-state index is 9.04. The van der Waals surface area contributed by atoms with Crippen molar-refractivity contribution in [2.45, 2.75) is 32.2 Å².